The second-order valence-electron chi connectivity index (χ2n) is 5.11. The number of hydrogen-bond donors (Lipinski definition) is 1. The number of carbonyl (C=O) groups excluding carboxylic acids is 2. The van der Waals surface area contributed by atoms with Gasteiger partial charge in [0.25, 0.3) is 10.0 Å². The van der Waals surface area contributed by atoms with Crippen molar-refractivity contribution in [2.45, 2.75) is 36.5 Å². The van der Waals surface area contributed by atoms with E-state index in [1.165, 1.54) is 6.92 Å². The van der Waals surface area contributed by atoms with Crippen molar-refractivity contribution in [1.82, 2.24) is 4.13 Å². The predicted octanol–water partition coefficient (Wildman–Crippen LogP) is 1.43. The highest BCUT2D eigenvalue weighted by Gasteiger charge is 2.67. The van der Waals surface area contributed by atoms with E-state index in [1.807, 2.05) is 0 Å². The quantitative estimate of drug-likeness (QED) is 0.196. The SMILES string of the molecule is CCOC(=O)/C=C\C(=O)OCCCC(F)(F)C(F)(F)S(=O)(=O)NS(=O)(=O)C(F)(F)F. The highest BCUT2D eigenvalue weighted by molar-refractivity contribution is 8.05. The highest BCUT2D eigenvalue weighted by Crippen LogP contribution is 2.42. The Balaban J connectivity index is 5.02. The highest BCUT2D eigenvalue weighted by atomic mass is 32.3. The number of sulfonamides is 2. The maximum atomic E-state index is 13.6. The second-order valence-corrected chi connectivity index (χ2v) is 8.77. The Morgan fingerprint density at radius 1 is 0.867 bits per heavy atom. The molecule has 0 saturated carbocycles. The van der Waals surface area contributed by atoms with Crippen LogP contribution in [-0.4, -0.2) is 58.7 Å². The van der Waals surface area contributed by atoms with E-state index < -0.39 is 72.2 Å². The summed E-state index contributed by atoms with van der Waals surface area (Å²) in [5.41, 5.74) is -6.36. The molecule has 18 heteroatoms. The van der Waals surface area contributed by atoms with Crippen molar-refractivity contribution < 1.29 is 66.6 Å². The van der Waals surface area contributed by atoms with Gasteiger partial charge in [0.2, 0.25) is 0 Å². The molecule has 0 aliphatic heterocycles. The molecule has 1 N–H and O–H groups in total. The number of esters is 2. The molecule has 30 heavy (non-hydrogen) atoms. The molecule has 0 aromatic carbocycles. The number of hydrogen-bond acceptors (Lipinski definition) is 8. The summed E-state index contributed by atoms with van der Waals surface area (Å²) in [4.78, 5) is 22.1. The lowest BCUT2D eigenvalue weighted by Crippen LogP contribution is -2.55. The minimum Gasteiger partial charge on any atom is -0.463 e. The van der Waals surface area contributed by atoms with Gasteiger partial charge in [0.05, 0.1) is 13.2 Å². The molecular formula is C12H14F7NO8S2. The molecule has 176 valence electrons. The summed E-state index contributed by atoms with van der Waals surface area (Å²) in [6, 6.07) is 0. The Morgan fingerprint density at radius 2 is 1.33 bits per heavy atom. The maximum absolute atomic E-state index is 13.6. The fourth-order valence-electron chi connectivity index (χ4n) is 1.43. The average Bonchev–Trinajstić information content (AvgIpc) is 2.55. The average molecular weight is 497 g/mol. The molecule has 9 nitrogen and oxygen atoms in total. The normalized spacial score (nSPS) is 14.0. The van der Waals surface area contributed by atoms with E-state index in [1.54, 1.807) is 0 Å². The Morgan fingerprint density at radius 3 is 1.77 bits per heavy atom. The molecular weight excluding hydrogens is 483 g/mol. The Hall–Kier alpha value is -1.95. The van der Waals surface area contributed by atoms with E-state index in [9.17, 15) is 57.2 Å². The molecule has 0 aromatic heterocycles. The maximum Gasteiger partial charge on any atom is 0.512 e. The van der Waals surface area contributed by atoms with E-state index in [0.717, 1.165) is 0 Å². The van der Waals surface area contributed by atoms with Crippen molar-refractivity contribution in [2.24, 2.45) is 0 Å². The van der Waals surface area contributed by atoms with Crippen LogP contribution < -0.4 is 4.13 Å². The van der Waals surface area contributed by atoms with Crippen molar-refractivity contribution in [2.75, 3.05) is 13.2 Å². The Kier molecular flexibility index (Phi) is 9.26. The fourth-order valence-corrected chi connectivity index (χ4v) is 3.87. The fraction of sp³-hybridized carbons (Fsp3) is 0.667. The summed E-state index contributed by atoms with van der Waals surface area (Å²) in [5, 5.41) is -6.27. The zero-order valence-electron chi connectivity index (χ0n) is 14.7. The van der Waals surface area contributed by atoms with E-state index in [4.69, 9.17) is 0 Å². The third-order valence-corrected chi connectivity index (χ3v) is 6.15. The van der Waals surface area contributed by atoms with E-state index in [2.05, 4.69) is 9.47 Å². The molecule has 0 bridgehead atoms. The molecule has 0 heterocycles. The van der Waals surface area contributed by atoms with Crippen molar-refractivity contribution in [3.05, 3.63) is 12.2 Å². The minimum absolute atomic E-state index is 0.0243. The van der Waals surface area contributed by atoms with E-state index in [0.29, 0.717) is 12.2 Å². The minimum atomic E-state index is -7.05. The molecule has 0 aliphatic rings. The molecule has 0 aromatic rings. The largest absolute Gasteiger partial charge is 0.512 e. The number of carbonyl (C=O) groups is 2. The van der Waals surface area contributed by atoms with Gasteiger partial charge in [-0.1, -0.05) is 4.13 Å². The molecule has 0 saturated heterocycles. The predicted molar refractivity (Wildman–Crippen MR) is 82.9 cm³/mol. The van der Waals surface area contributed by atoms with Crippen LogP contribution in [0, 0.1) is 0 Å². The number of halogens is 7. The van der Waals surface area contributed by atoms with Crippen LogP contribution in [0.1, 0.15) is 19.8 Å². The summed E-state index contributed by atoms with van der Waals surface area (Å²) in [6.07, 6.45) is -2.01. The summed E-state index contributed by atoms with van der Waals surface area (Å²) in [7, 11) is -14.0. The van der Waals surface area contributed by atoms with Gasteiger partial charge >= 0.3 is 38.6 Å². The molecule has 0 fully saturated rings. The number of nitrogens with one attached hydrogen (secondary N) is 1. The first-order valence-corrected chi connectivity index (χ1v) is 10.4. The van der Waals surface area contributed by atoms with Crippen LogP contribution in [0.15, 0.2) is 12.2 Å². The summed E-state index contributed by atoms with van der Waals surface area (Å²) < 4.78 is 142. The summed E-state index contributed by atoms with van der Waals surface area (Å²) >= 11 is 0. The van der Waals surface area contributed by atoms with Gasteiger partial charge in [-0.2, -0.15) is 30.7 Å². The van der Waals surface area contributed by atoms with Gasteiger partial charge in [-0.05, 0) is 13.3 Å². The molecule has 0 amide bonds. The van der Waals surface area contributed by atoms with Gasteiger partial charge in [-0.25, -0.2) is 26.4 Å². The van der Waals surface area contributed by atoms with Crippen molar-refractivity contribution in [3.8, 4) is 0 Å². The molecule has 0 spiro atoms. The van der Waals surface area contributed by atoms with E-state index >= 15 is 0 Å². The van der Waals surface area contributed by atoms with E-state index in [-0.39, 0.29) is 6.61 Å². The van der Waals surface area contributed by atoms with Crippen LogP contribution in [0.5, 0.6) is 0 Å². The van der Waals surface area contributed by atoms with Gasteiger partial charge in [-0.15, -0.1) is 0 Å². The van der Waals surface area contributed by atoms with Crippen molar-refractivity contribution in [1.29, 1.82) is 0 Å². The molecule has 0 atom stereocenters. The van der Waals surface area contributed by atoms with Crippen LogP contribution in [0.3, 0.4) is 0 Å². The van der Waals surface area contributed by atoms with Gasteiger partial charge in [-0.3, -0.25) is 0 Å². The summed E-state index contributed by atoms with van der Waals surface area (Å²) in [5.74, 6) is -7.77. The van der Waals surface area contributed by atoms with Gasteiger partial charge in [0.1, 0.15) is 0 Å². The molecule has 0 radical (unpaired) electrons. The number of alkyl halides is 7. The van der Waals surface area contributed by atoms with Crippen LogP contribution in [0.25, 0.3) is 0 Å². The monoisotopic (exact) mass is 497 g/mol. The molecule has 0 rings (SSSR count). The first-order valence-electron chi connectivity index (χ1n) is 7.42. The van der Waals surface area contributed by atoms with Gasteiger partial charge < -0.3 is 9.47 Å². The van der Waals surface area contributed by atoms with Gasteiger partial charge in [0, 0.05) is 18.6 Å². The number of ether oxygens (including phenoxy) is 2. The van der Waals surface area contributed by atoms with Crippen molar-refractivity contribution in [3.63, 3.8) is 0 Å². The molecule has 0 unspecified atom stereocenters. The third-order valence-electron chi connectivity index (χ3n) is 2.81. The Bertz CT molecular complexity index is 865. The third kappa shape index (κ3) is 7.38. The second kappa shape index (κ2) is 9.90. The lowest BCUT2D eigenvalue weighted by atomic mass is 10.2. The zero-order chi connectivity index (χ0) is 24.0. The van der Waals surface area contributed by atoms with Crippen LogP contribution in [-0.2, 0) is 39.1 Å². The Labute approximate surface area is 165 Å². The summed E-state index contributed by atoms with van der Waals surface area (Å²) in [6.45, 7) is 0.448. The van der Waals surface area contributed by atoms with Crippen LogP contribution >= 0.6 is 0 Å². The van der Waals surface area contributed by atoms with Crippen molar-refractivity contribution >= 4 is 32.0 Å². The van der Waals surface area contributed by atoms with Crippen LogP contribution in [0.2, 0.25) is 0 Å². The first kappa shape index (κ1) is 28.1. The lowest BCUT2D eigenvalue weighted by molar-refractivity contribution is -0.164. The first-order chi connectivity index (χ1) is 13.3. The zero-order valence-corrected chi connectivity index (χ0v) is 16.3. The number of rotatable bonds is 11. The van der Waals surface area contributed by atoms with Gasteiger partial charge in [0.15, 0.2) is 0 Å². The lowest BCUT2D eigenvalue weighted by Gasteiger charge is -2.26. The topological polar surface area (TPSA) is 133 Å². The van der Waals surface area contributed by atoms with Crippen LogP contribution in [0.4, 0.5) is 30.7 Å². The standard InChI is InChI=1S/C12H14F7NO8S2/c1-2-27-8(21)4-5-9(22)28-7-3-6-10(13,14)11(15,16)29(23,24)20-30(25,26)12(17,18)19/h4-5,20H,2-3,6-7H2,1H3/b5-4-. The molecule has 0 aliphatic carbocycles. The smallest absolute Gasteiger partial charge is 0.463 e.